The Bertz CT molecular complexity index is 365. The minimum atomic E-state index is -0.290. The molecule has 3 heteroatoms. The molecule has 2 atom stereocenters. The zero-order valence-electron chi connectivity index (χ0n) is 11.0. The Balaban J connectivity index is 2.81. The van der Waals surface area contributed by atoms with E-state index in [4.69, 9.17) is 10.5 Å². The fourth-order valence-electron chi connectivity index (χ4n) is 1.81. The van der Waals surface area contributed by atoms with Crippen molar-refractivity contribution in [3.05, 3.63) is 29.6 Å². The lowest BCUT2D eigenvalue weighted by Gasteiger charge is -2.23. The second kappa shape index (κ2) is 6.01. The standard InChI is InChI=1S/C14H22FNO/c1-9(2)10(3)12(16)8-11-6-5-7-13(17-4)14(11)15/h5-7,9-10,12H,8,16H2,1-4H3. The average molecular weight is 239 g/mol. The van der Waals surface area contributed by atoms with E-state index in [9.17, 15) is 4.39 Å². The van der Waals surface area contributed by atoms with Crippen LogP contribution in [0.5, 0.6) is 5.75 Å². The SMILES string of the molecule is COc1cccc(CC(N)C(C)C(C)C)c1F. The molecule has 1 aromatic carbocycles. The zero-order chi connectivity index (χ0) is 13.0. The number of benzene rings is 1. The summed E-state index contributed by atoms with van der Waals surface area (Å²) >= 11 is 0. The second-order valence-corrected chi connectivity index (χ2v) is 4.90. The minimum absolute atomic E-state index is 0.0309. The topological polar surface area (TPSA) is 35.2 Å². The third-order valence-electron chi connectivity index (χ3n) is 3.45. The summed E-state index contributed by atoms with van der Waals surface area (Å²) in [5.41, 5.74) is 6.73. The van der Waals surface area contributed by atoms with Gasteiger partial charge in [-0.2, -0.15) is 0 Å². The van der Waals surface area contributed by atoms with Crippen molar-refractivity contribution in [2.24, 2.45) is 17.6 Å². The average Bonchev–Trinajstić information content (AvgIpc) is 2.30. The molecular weight excluding hydrogens is 217 g/mol. The van der Waals surface area contributed by atoms with Crippen molar-refractivity contribution < 1.29 is 9.13 Å². The maximum atomic E-state index is 13.9. The molecule has 0 aliphatic carbocycles. The maximum Gasteiger partial charge on any atom is 0.168 e. The lowest BCUT2D eigenvalue weighted by atomic mass is 9.87. The number of nitrogens with two attached hydrogens (primary N) is 1. The van der Waals surface area contributed by atoms with Gasteiger partial charge in [-0.25, -0.2) is 4.39 Å². The van der Waals surface area contributed by atoms with Gasteiger partial charge in [-0.05, 0) is 29.9 Å². The Kier molecular flexibility index (Phi) is 4.94. The van der Waals surface area contributed by atoms with E-state index in [1.54, 1.807) is 18.2 Å². The summed E-state index contributed by atoms with van der Waals surface area (Å²) < 4.78 is 18.9. The molecule has 0 bridgehead atoms. The molecule has 0 heterocycles. The van der Waals surface area contributed by atoms with Crippen molar-refractivity contribution in [3.63, 3.8) is 0 Å². The minimum Gasteiger partial charge on any atom is -0.494 e. The van der Waals surface area contributed by atoms with E-state index >= 15 is 0 Å². The first kappa shape index (κ1) is 14.0. The lowest BCUT2D eigenvalue weighted by molar-refractivity contribution is 0.339. The summed E-state index contributed by atoms with van der Waals surface area (Å²) in [5, 5.41) is 0. The molecule has 2 unspecified atom stereocenters. The van der Waals surface area contributed by atoms with E-state index in [0.717, 1.165) is 0 Å². The van der Waals surface area contributed by atoms with Crippen molar-refractivity contribution in [1.82, 2.24) is 0 Å². The quantitative estimate of drug-likeness (QED) is 0.857. The van der Waals surface area contributed by atoms with Gasteiger partial charge in [0.2, 0.25) is 0 Å². The number of rotatable bonds is 5. The smallest absolute Gasteiger partial charge is 0.168 e. The molecule has 96 valence electrons. The van der Waals surface area contributed by atoms with Crippen LogP contribution in [0.4, 0.5) is 4.39 Å². The third-order valence-corrected chi connectivity index (χ3v) is 3.45. The molecule has 0 amide bonds. The van der Waals surface area contributed by atoms with Gasteiger partial charge < -0.3 is 10.5 Å². The van der Waals surface area contributed by atoms with Gasteiger partial charge in [0.1, 0.15) is 0 Å². The maximum absolute atomic E-state index is 13.9. The van der Waals surface area contributed by atoms with Gasteiger partial charge in [0.25, 0.3) is 0 Å². The van der Waals surface area contributed by atoms with Gasteiger partial charge >= 0.3 is 0 Å². The zero-order valence-corrected chi connectivity index (χ0v) is 11.0. The summed E-state index contributed by atoms with van der Waals surface area (Å²) in [5.74, 6) is 0.854. The molecule has 0 aromatic heterocycles. The molecule has 0 fully saturated rings. The third kappa shape index (κ3) is 3.43. The number of methoxy groups -OCH3 is 1. The number of ether oxygens (including phenoxy) is 1. The Morgan fingerprint density at radius 2 is 1.94 bits per heavy atom. The Morgan fingerprint density at radius 1 is 1.29 bits per heavy atom. The summed E-state index contributed by atoms with van der Waals surface area (Å²) in [6, 6.07) is 5.15. The highest BCUT2D eigenvalue weighted by Crippen LogP contribution is 2.23. The van der Waals surface area contributed by atoms with E-state index in [1.807, 2.05) is 0 Å². The summed E-state index contributed by atoms with van der Waals surface area (Å²) in [4.78, 5) is 0. The van der Waals surface area contributed by atoms with Crippen LogP contribution in [-0.4, -0.2) is 13.2 Å². The molecule has 0 saturated carbocycles. The van der Waals surface area contributed by atoms with E-state index in [1.165, 1.54) is 7.11 Å². The van der Waals surface area contributed by atoms with E-state index in [2.05, 4.69) is 20.8 Å². The van der Waals surface area contributed by atoms with Crippen LogP contribution in [0.1, 0.15) is 26.3 Å². The molecule has 1 rings (SSSR count). The Morgan fingerprint density at radius 3 is 2.47 bits per heavy atom. The van der Waals surface area contributed by atoms with Crippen molar-refractivity contribution in [1.29, 1.82) is 0 Å². The monoisotopic (exact) mass is 239 g/mol. The van der Waals surface area contributed by atoms with Crippen LogP contribution in [0.3, 0.4) is 0 Å². The number of hydrogen-bond acceptors (Lipinski definition) is 2. The second-order valence-electron chi connectivity index (χ2n) is 4.90. The molecule has 17 heavy (non-hydrogen) atoms. The molecule has 0 radical (unpaired) electrons. The van der Waals surface area contributed by atoms with Crippen LogP contribution in [0.2, 0.25) is 0 Å². The van der Waals surface area contributed by atoms with Crippen LogP contribution in [-0.2, 0) is 6.42 Å². The van der Waals surface area contributed by atoms with Crippen LogP contribution in [0.15, 0.2) is 18.2 Å². The van der Waals surface area contributed by atoms with Crippen molar-refractivity contribution >= 4 is 0 Å². The summed E-state index contributed by atoms with van der Waals surface area (Å²) in [7, 11) is 1.47. The van der Waals surface area contributed by atoms with Crippen LogP contribution in [0.25, 0.3) is 0 Å². The van der Waals surface area contributed by atoms with E-state index in [0.29, 0.717) is 23.8 Å². The molecule has 1 aromatic rings. The molecular formula is C14H22FNO. The predicted octanol–water partition coefficient (Wildman–Crippen LogP) is 3.00. The highest BCUT2D eigenvalue weighted by Gasteiger charge is 2.19. The fraction of sp³-hybridized carbons (Fsp3) is 0.571. The summed E-state index contributed by atoms with van der Waals surface area (Å²) in [6.45, 7) is 6.37. The van der Waals surface area contributed by atoms with Crippen LogP contribution < -0.4 is 10.5 Å². The number of hydrogen-bond donors (Lipinski definition) is 1. The molecule has 0 aliphatic rings. The van der Waals surface area contributed by atoms with E-state index in [-0.39, 0.29) is 17.6 Å². The first-order chi connectivity index (χ1) is 7.97. The van der Waals surface area contributed by atoms with Crippen LogP contribution >= 0.6 is 0 Å². The van der Waals surface area contributed by atoms with Gasteiger partial charge in [0.15, 0.2) is 11.6 Å². The molecule has 0 aliphatic heterocycles. The number of halogens is 1. The van der Waals surface area contributed by atoms with Gasteiger partial charge in [0, 0.05) is 6.04 Å². The van der Waals surface area contributed by atoms with Gasteiger partial charge in [-0.1, -0.05) is 32.9 Å². The predicted molar refractivity (Wildman–Crippen MR) is 68.6 cm³/mol. The molecule has 0 saturated heterocycles. The fourth-order valence-corrected chi connectivity index (χ4v) is 1.81. The largest absolute Gasteiger partial charge is 0.494 e. The Labute approximate surface area is 103 Å². The molecule has 2 nitrogen and oxygen atoms in total. The lowest BCUT2D eigenvalue weighted by Crippen LogP contribution is -2.33. The highest BCUT2D eigenvalue weighted by molar-refractivity contribution is 5.31. The van der Waals surface area contributed by atoms with Gasteiger partial charge in [-0.15, -0.1) is 0 Å². The molecule has 2 N–H and O–H groups in total. The van der Waals surface area contributed by atoms with Crippen molar-refractivity contribution in [2.45, 2.75) is 33.2 Å². The van der Waals surface area contributed by atoms with Crippen molar-refractivity contribution in [3.8, 4) is 5.75 Å². The van der Waals surface area contributed by atoms with Crippen molar-refractivity contribution in [2.75, 3.05) is 7.11 Å². The normalized spacial score (nSPS) is 14.8. The van der Waals surface area contributed by atoms with Gasteiger partial charge in [0.05, 0.1) is 7.11 Å². The van der Waals surface area contributed by atoms with E-state index < -0.39 is 0 Å². The first-order valence-corrected chi connectivity index (χ1v) is 6.04. The summed E-state index contributed by atoms with van der Waals surface area (Å²) in [6.07, 6.45) is 0.544. The van der Waals surface area contributed by atoms with Gasteiger partial charge in [-0.3, -0.25) is 0 Å². The first-order valence-electron chi connectivity index (χ1n) is 6.04. The molecule has 0 spiro atoms. The van der Waals surface area contributed by atoms with Crippen LogP contribution in [0, 0.1) is 17.7 Å². The Hall–Kier alpha value is -1.09. The highest BCUT2D eigenvalue weighted by atomic mass is 19.1.